The van der Waals surface area contributed by atoms with Gasteiger partial charge in [-0.2, -0.15) is 0 Å². The quantitative estimate of drug-likeness (QED) is 0.858. The van der Waals surface area contributed by atoms with Crippen molar-refractivity contribution in [3.63, 3.8) is 0 Å². The lowest BCUT2D eigenvalue weighted by molar-refractivity contribution is -0.123. The molecule has 0 saturated carbocycles. The lowest BCUT2D eigenvalue weighted by Gasteiger charge is -2.26. The highest BCUT2D eigenvalue weighted by Crippen LogP contribution is 2.32. The second kappa shape index (κ2) is 4.97. The van der Waals surface area contributed by atoms with Crippen LogP contribution in [0.2, 0.25) is 0 Å². The van der Waals surface area contributed by atoms with Gasteiger partial charge in [-0.05, 0) is 36.9 Å². The number of amides is 1. The van der Waals surface area contributed by atoms with E-state index < -0.39 is 0 Å². The van der Waals surface area contributed by atoms with Crippen LogP contribution in [0.25, 0.3) is 0 Å². The lowest BCUT2D eigenvalue weighted by Crippen LogP contribution is -2.36. The van der Waals surface area contributed by atoms with Gasteiger partial charge in [0.05, 0.1) is 5.41 Å². The molecule has 1 unspecified atom stereocenters. The molecule has 1 aliphatic rings. The standard InChI is InChI=1S/C16H24N2O/c1-15(2,3)12-7-5-6-8-13(12)18-14(19)16(4)9-10-17-11-16/h5-8,17H,9-11H2,1-4H3,(H,18,19). The maximum absolute atomic E-state index is 12.5. The topological polar surface area (TPSA) is 41.1 Å². The molecule has 1 saturated heterocycles. The third-order valence-corrected chi connectivity index (χ3v) is 3.90. The monoisotopic (exact) mass is 260 g/mol. The molecule has 3 nitrogen and oxygen atoms in total. The minimum Gasteiger partial charge on any atom is -0.325 e. The number of rotatable bonds is 2. The van der Waals surface area contributed by atoms with Crippen molar-refractivity contribution in [1.29, 1.82) is 0 Å². The summed E-state index contributed by atoms with van der Waals surface area (Å²) >= 11 is 0. The Morgan fingerprint density at radius 1 is 1.32 bits per heavy atom. The number of anilines is 1. The Bertz CT molecular complexity index is 468. The Labute approximate surface area is 115 Å². The third-order valence-electron chi connectivity index (χ3n) is 3.90. The average molecular weight is 260 g/mol. The van der Waals surface area contributed by atoms with Crippen molar-refractivity contribution < 1.29 is 4.79 Å². The number of carbonyl (C=O) groups is 1. The fraction of sp³-hybridized carbons (Fsp3) is 0.562. The van der Waals surface area contributed by atoms with Gasteiger partial charge in [-0.1, -0.05) is 39.0 Å². The first-order valence-corrected chi connectivity index (χ1v) is 6.95. The first-order valence-electron chi connectivity index (χ1n) is 6.95. The van der Waals surface area contributed by atoms with Crippen molar-refractivity contribution in [2.75, 3.05) is 18.4 Å². The molecule has 0 aromatic heterocycles. The van der Waals surface area contributed by atoms with Gasteiger partial charge in [0.25, 0.3) is 0 Å². The van der Waals surface area contributed by atoms with E-state index in [4.69, 9.17) is 0 Å². The molecule has 1 aliphatic heterocycles. The van der Waals surface area contributed by atoms with Crippen LogP contribution in [-0.2, 0) is 10.2 Å². The molecule has 3 heteroatoms. The third kappa shape index (κ3) is 2.98. The van der Waals surface area contributed by atoms with Gasteiger partial charge < -0.3 is 10.6 Å². The second-order valence-electron chi connectivity index (χ2n) is 6.74. The van der Waals surface area contributed by atoms with E-state index in [9.17, 15) is 4.79 Å². The number of hydrogen-bond donors (Lipinski definition) is 2. The molecule has 104 valence electrons. The van der Waals surface area contributed by atoms with E-state index >= 15 is 0 Å². The first-order chi connectivity index (χ1) is 8.83. The summed E-state index contributed by atoms with van der Waals surface area (Å²) in [4.78, 5) is 12.5. The van der Waals surface area contributed by atoms with Crippen LogP contribution >= 0.6 is 0 Å². The molecule has 0 spiro atoms. The molecule has 2 rings (SSSR count). The van der Waals surface area contributed by atoms with Crippen LogP contribution in [0.15, 0.2) is 24.3 Å². The summed E-state index contributed by atoms with van der Waals surface area (Å²) in [7, 11) is 0. The molecule has 0 bridgehead atoms. The van der Waals surface area contributed by atoms with Crippen molar-refractivity contribution >= 4 is 11.6 Å². The summed E-state index contributed by atoms with van der Waals surface area (Å²) in [6.45, 7) is 10.2. The summed E-state index contributed by atoms with van der Waals surface area (Å²) in [5, 5.41) is 6.38. The Balaban J connectivity index is 2.22. The first kappa shape index (κ1) is 14.1. The van der Waals surface area contributed by atoms with Gasteiger partial charge in [-0.3, -0.25) is 4.79 Å². The Kier molecular flexibility index (Phi) is 3.68. The molecular formula is C16H24N2O. The van der Waals surface area contributed by atoms with Crippen LogP contribution in [0.4, 0.5) is 5.69 Å². The molecular weight excluding hydrogens is 236 g/mol. The van der Waals surface area contributed by atoms with E-state index in [0.29, 0.717) is 0 Å². The van der Waals surface area contributed by atoms with Crippen LogP contribution < -0.4 is 10.6 Å². The largest absolute Gasteiger partial charge is 0.325 e. The van der Waals surface area contributed by atoms with E-state index in [0.717, 1.165) is 25.2 Å². The van der Waals surface area contributed by atoms with Gasteiger partial charge in [0, 0.05) is 12.2 Å². The zero-order chi connectivity index (χ0) is 14.1. The molecule has 0 radical (unpaired) electrons. The van der Waals surface area contributed by atoms with Gasteiger partial charge in [-0.15, -0.1) is 0 Å². The number of carbonyl (C=O) groups excluding carboxylic acids is 1. The Hall–Kier alpha value is -1.35. The number of benzene rings is 1. The van der Waals surface area contributed by atoms with Crippen LogP contribution in [0, 0.1) is 5.41 Å². The summed E-state index contributed by atoms with van der Waals surface area (Å²) < 4.78 is 0. The van der Waals surface area contributed by atoms with Crippen molar-refractivity contribution in [3.05, 3.63) is 29.8 Å². The zero-order valence-corrected chi connectivity index (χ0v) is 12.3. The summed E-state index contributed by atoms with van der Waals surface area (Å²) in [6.07, 6.45) is 0.899. The van der Waals surface area contributed by atoms with Gasteiger partial charge >= 0.3 is 0 Å². The van der Waals surface area contributed by atoms with Crippen molar-refractivity contribution in [2.24, 2.45) is 5.41 Å². The number of para-hydroxylation sites is 1. The highest BCUT2D eigenvalue weighted by Gasteiger charge is 2.36. The normalized spacial score (nSPS) is 23.4. The minimum atomic E-state index is -0.287. The fourth-order valence-electron chi connectivity index (χ4n) is 2.53. The molecule has 1 aromatic rings. The molecule has 2 N–H and O–H groups in total. The molecule has 1 amide bonds. The zero-order valence-electron chi connectivity index (χ0n) is 12.3. The molecule has 0 aliphatic carbocycles. The van der Waals surface area contributed by atoms with E-state index in [1.54, 1.807) is 0 Å². The van der Waals surface area contributed by atoms with E-state index in [2.05, 4.69) is 37.5 Å². The number of hydrogen-bond acceptors (Lipinski definition) is 2. The predicted molar refractivity (Wildman–Crippen MR) is 79.4 cm³/mol. The second-order valence-corrected chi connectivity index (χ2v) is 6.74. The summed E-state index contributed by atoms with van der Waals surface area (Å²) in [6, 6.07) is 8.07. The van der Waals surface area contributed by atoms with Crippen molar-refractivity contribution in [1.82, 2.24) is 5.32 Å². The van der Waals surface area contributed by atoms with E-state index in [1.165, 1.54) is 5.56 Å². The van der Waals surface area contributed by atoms with E-state index in [-0.39, 0.29) is 16.7 Å². The van der Waals surface area contributed by atoms with Crippen LogP contribution in [0.3, 0.4) is 0 Å². The van der Waals surface area contributed by atoms with Crippen LogP contribution in [0.1, 0.15) is 39.7 Å². The highest BCUT2D eigenvalue weighted by molar-refractivity contribution is 5.96. The highest BCUT2D eigenvalue weighted by atomic mass is 16.2. The SMILES string of the molecule is CC1(C(=O)Nc2ccccc2C(C)(C)C)CCNC1. The predicted octanol–water partition coefficient (Wildman–Crippen LogP) is 2.92. The van der Waals surface area contributed by atoms with Gasteiger partial charge in [-0.25, -0.2) is 0 Å². The Morgan fingerprint density at radius 3 is 2.58 bits per heavy atom. The maximum Gasteiger partial charge on any atom is 0.231 e. The van der Waals surface area contributed by atoms with Gasteiger partial charge in [0.2, 0.25) is 5.91 Å². The van der Waals surface area contributed by atoms with Crippen molar-refractivity contribution in [2.45, 2.75) is 39.5 Å². The fourth-order valence-corrected chi connectivity index (χ4v) is 2.53. The molecule has 1 aromatic carbocycles. The van der Waals surface area contributed by atoms with Crippen molar-refractivity contribution in [3.8, 4) is 0 Å². The molecule has 1 heterocycles. The van der Waals surface area contributed by atoms with E-state index in [1.807, 2.05) is 25.1 Å². The molecule has 1 atom stereocenters. The van der Waals surface area contributed by atoms with Crippen LogP contribution in [-0.4, -0.2) is 19.0 Å². The van der Waals surface area contributed by atoms with Crippen LogP contribution in [0.5, 0.6) is 0 Å². The molecule has 1 fully saturated rings. The van der Waals surface area contributed by atoms with Gasteiger partial charge in [0.15, 0.2) is 0 Å². The summed E-state index contributed by atoms with van der Waals surface area (Å²) in [5.41, 5.74) is 1.86. The van der Waals surface area contributed by atoms with Gasteiger partial charge in [0.1, 0.15) is 0 Å². The maximum atomic E-state index is 12.5. The average Bonchev–Trinajstić information content (AvgIpc) is 2.77. The molecule has 19 heavy (non-hydrogen) atoms. The minimum absolute atomic E-state index is 0.0265. The summed E-state index contributed by atoms with van der Waals surface area (Å²) in [5.74, 6) is 0.120. The smallest absolute Gasteiger partial charge is 0.231 e. The Morgan fingerprint density at radius 2 is 2.00 bits per heavy atom. The lowest BCUT2D eigenvalue weighted by atomic mass is 9.84. The number of nitrogens with one attached hydrogen (secondary N) is 2.